The molecule has 1 amide bonds. The van der Waals surface area contributed by atoms with Gasteiger partial charge in [-0.05, 0) is 30.2 Å². The summed E-state index contributed by atoms with van der Waals surface area (Å²) >= 11 is 0. The van der Waals surface area contributed by atoms with Crippen LogP contribution in [0, 0.1) is 10.1 Å². The number of nitrogens with zero attached hydrogens (tertiary/aromatic N) is 5. The number of hydrogen-bond donors (Lipinski definition) is 1. The van der Waals surface area contributed by atoms with Gasteiger partial charge in [-0.3, -0.25) is 19.5 Å². The van der Waals surface area contributed by atoms with Crippen LogP contribution in [0.15, 0.2) is 64.3 Å². The summed E-state index contributed by atoms with van der Waals surface area (Å²) in [5.74, 6) is -0.750. The van der Waals surface area contributed by atoms with E-state index in [1.54, 1.807) is 11.0 Å². The number of nitrogens with one attached hydrogen (secondary N) is 1. The number of aromatic nitrogens is 4. The van der Waals surface area contributed by atoms with Crippen molar-refractivity contribution < 1.29 is 14.1 Å². The molecule has 4 aromatic rings. The summed E-state index contributed by atoms with van der Waals surface area (Å²) in [6, 6.07) is 11.6. The summed E-state index contributed by atoms with van der Waals surface area (Å²) in [6.07, 6.45) is 3.71. The van der Waals surface area contributed by atoms with Crippen LogP contribution < -0.4 is 11.1 Å². The molecule has 0 spiro atoms. The van der Waals surface area contributed by atoms with Gasteiger partial charge in [-0.15, -0.1) is 0 Å². The first-order chi connectivity index (χ1) is 15.0. The molecule has 1 N–H and O–H groups in total. The van der Waals surface area contributed by atoms with Crippen molar-refractivity contribution in [1.29, 1.82) is 0 Å². The van der Waals surface area contributed by atoms with Gasteiger partial charge in [0.25, 0.3) is 5.69 Å². The Bertz CT molecular complexity index is 1270. The Morgan fingerprint density at radius 3 is 2.71 bits per heavy atom. The Kier molecular flexibility index (Phi) is 5.56. The summed E-state index contributed by atoms with van der Waals surface area (Å²) in [6.45, 7) is 0.651. The normalized spacial score (nSPS) is 11.0. The number of fused-ring (bicyclic) bond motifs is 1. The van der Waals surface area contributed by atoms with Crippen molar-refractivity contribution in [2.75, 3.05) is 0 Å². The standard InChI is InChI=1S/C20H18N6O5/c27-19(22-11-14-3-5-15(6-4-14)25-13-21-12-23-25)2-1-9-24-17-8-7-16(26(29)30)10-18(17)31-20(24)28/h3-8,10,12-13H,1-2,9,11H2,(H,22,27). The topological polar surface area (TPSA) is 138 Å². The van der Waals surface area contributed by atoms with Gasteiger partial charge in [-0.25, -0.2) is 14.5 Å². The molecule has 2 aromatic carbocycles. The fraction of sp³-hybridized carbons (Fsp3) is 0.200. The maximum absolute atomic E-state index is 12.1. The first-order valence-corrected chi connectivity index (χ1v) is 9.50. The molecular weight excluding hydrogens is 404 g/mol. The minimum Gasteiger partial charge on any atom is -0.407 e. The number of carbonyl (C=O) groups excluding carboxylic acids is 1. The van der Waals surface area contributed by atoms with Crippen LogP contribution in [0.2, 0.25) is 0 Å². The maximum atomic E-state index is 12.1. The lowest BCUT2D eigenvalue weighted by atomic mass is 10.2. The van der Waals surface area contributed by atoms with Crippen LogP contribution in [0.1, 0.15) is 18.4 Å². The highest BCUT2D eigenvalue weighted by Gasteiger charge is 2.14. The van der Waals surface area contributed by atoms with Gasteiger partial charge >= 0.3 is 5.76 Å². The Hall–Kier alpha value is -4.28. The minimum absolute atomic E-state index is 0.142. The molecule has 31 heavy (non-hydrogen) atoms. The minimum atomic E-state index is -0.608. The van der Waals surface area contributed by atoms with E-state index in [0.29, 0.717) is 18.5 Å². The number of nitro benzene ring substituents is 1. The first kappa shape index (κ1) is 20.0. The van der Waals surface area contributed by atoms with Crippen LogP contribution in [0.25, 0.3) is 16.8 Å². The van der Waals surface area contributed by atoms with Crippen molar-refractivity contribution in [2.45, 2.75) is 25.9 Å². The average Bonchev–Trinajstić information content (AvgIpc) is 3.40. The van der Waals surface area contributed by atoms with Crippen LogP contribution >= 0.6 is 0 Å². The van der Waals surface area contributed by atoms with Crippen LogP contribution in [-0.2, 0) is 17.9 Å². The number of benzene rings is 2. The van der Waals surface area contributed by atoms with Gasteiger partial charge in [0.1, 0.15) is 12.7 Å². The van der Waals surface area contributed by atoms with Crippen molar-refractivity contribution in [2.24, 2.45) is 0 Å². The molecule has 0 unspecified atom stereocenters. The van der Waals surface area contributed by atoms with E-state index in [9.17, 15) is 19.7 Å². The number of nitro groups is 1. The lowest BCUT2D eigenvalue weighted by molar-refractivity contribution is -0.384. The largest absolute Gasteiger partial charge is 0.419 e. The average molecular weight is 422 g/mol. The molecule has 0 atom stereocenters. The second-order valence-electron chi connectivity index (χ2n) is 6.82. The van der Waals surface area contributed by atoms with Crippen LogP contribution in [-0.4, -0.2) is 30.2 Å². The van der Waals surface area contributed by atoms with Crippen LogP contribution in [0.5, 0.6) is 0 Å². The smallest absolute Gasteiger partial charge is 0.407 e. The summed E-state index contributed by atoms with van der Waals surface area (Å²) < 4.78 is 8.09. The van der Waals surface area contributed by atoms with Crippen molar-refractivity contribution in [3.8, 4) is 5.69 Å². The molecular formula is C20H18N6O5. The molecule has 0 bridgehead atoms. The third-order valence-electron chi connectivity index (χ3n) is 4.76. The zero-order valence-electron chi connectivity index (χ0n) is 16.3. The third-order valence-corrected chi connectivity index (χ3v) is 4.76. The van der Waals surface area contributed by atoms with Gasteiger partial charge in [0.15, 0.2) is 5.58 Å². The first-order valence-electron chi connectivity index (χ1n) is 9.50. The zero-order chi connectivity index (χ0) is 21.8. The van der Waals surface area contributed by atoms with Gasteiger partial charge in [0.05, 0.1) is 22.2 Å². The number of rotatable bonds is 8. The van der Waals surface area contributed by atoms with Crippen molar-refractivity contribution in [3.63, 3.8) is 0 Å². The Morgan fingerprint density at radius 2 is 2.00 bits per heavy atom. The fourth-order valence-electron chi connectivity index (χ4n) is 3.18. The molecule has 4 rings (SSSR count). The highest BCUT2D eigenvalue weighted by atomic mass is 16.6. The predicted octanol–water partition coefficient (Wildman–Crippen LogP) is 2.18. The third kappa shape index (κ3) is 4.50. The van der Waals surface area contributed by atoms with Gasteiger partial charge in [-0.2, -0.15) is 5.10 Å². The van der Waals surface area contributed by atoms with Crippen LogP contribution in [0.3, 0.4) is 0 Å². The molecule has 0 aliphatic carbocycles. The summed E-state index contributed by atoms with van der Waals surface area (Å²) in [5, 5.41) is 17.7. The second-order valence-corrected chi connectivity index (χ2v) is 6.82. The van der Waals surface area contributed by atoms with Crippen molar-refractivity contribution >= 4 is 22.7 Å². The van der Waals surface area contributed by atoms with E-state index in [-0.39, 0.29) is 30.1 Å². The maximum Gasteiger partial charge on any atom is 0.419 e. The molecule has 11 nitrogen and oxygen atoms in total. The van der Waals surface area contributed by atoms with Gasteiger partial charge in [-0.1, -0.05) is 12.1 Å². The SMILES string of the molecule is O=C(CCCn1c(=O)oc2cc([N+](=O)[O-])ccc21)NCc1ccc(-n2cncn2)cc1. The van der Waals surface area contributed by atoms with Crippen molar-refractivity contribution in [3.05, 3.63) is 81.3 Å². The van der Waals surface area contributed by atoms with E-state index in [2.05, 4.69) is 15.4 Å². The molecule has 2 aromatic heterocycles. The molecule has 0 radical (unpaired) electrons. The number of amides is 1. The summed E-state index contributed by atoms with van der Waals surface area (Å²) in [5.41, 5.74) is 2.27. The van der Waals surface area contributed by atoms with Gasteiger partial charge in [0.2, 0.25) is 5.91 Å². The fourth-order valence-corrected chi connectivity index (χ4v) is 3.18. The van der Waals surface area contributed by atoms with Gasteiger partial charge in [0, 0.05) is 25.6 Å². The Balaban J connectivity index is 1.29. The molecule has 0 fully saturated rings. The Labute approximate surface area is 175 Å². The number of hydrogen-bond acceptors (Lipinski definition) is 7. The van der Waals surface area contributed by atoms with E-state index >= 15 is 0 Å². The lowest BCUT2D eigenvalue weighted by Crippen LogP contribution is -2.23. The van der Waals surface area contributed by atoms with Gasteiger partial charge < -0.3 is 9.73 Å². The molecule has 2 heterocycles. The number of aryl methyl sites for hydroxylation is 1. The molecule has 0 aliphatic rings. The lowest BCUT2D eigenvalue weighted by Gasteiger charge is -2.07. The summed E-state index contributed by atoms with van der Waals surface area (Å²) in [4.78, 5) is 38.4. The van der Waals surface area contributed by atoms with E-state index in [1.165, 1.54) is 29.1 Å². The highest BCUT2D eigenvalue weighted by Crippen LogP contribution is 2.20. The molecule has 0 aliphatic heterocycles. The molecule has 0 saturated heterocycles. The number of carbonyl (C=O) groups is 1. The second kappa shape index (κ2) is 8.61. The van der Waals surface area contributed by atoms with E-state index in [1.807, 2.05) is 24.3 Å². The zero-order valence-corrected chi connectivity index (χ0v) is 16.3. The monoisotopic (exact) mass is 422 g/mol. The quantitative estimate of drug-likeness (QED) is 0.339. The predicted molar refractivity (Wildman–Crippen MR) is 110 cm³/mol. The number of oxazole rings is 1. The van der Waals surface area contributed by atoms with E-state index < -0.39 is 10.7 Å². The number of non-ortho nitro benzene ring substituents is 1. The van der Waals surface area contributed by atoms with Crippen molar-refractivity contribution in [1.82, 2.24) is 24.6 Å². The Morgan fingerprint density at radius 1 is 1.19 bits per heavy atom. The van der Waals surface area contributed by atoms with Crippen LogP contribution in [0.4, 0.5) is 5.69 Å². The van der Waals surface area contributed by atoms with E-state index in [4.69, 9.17) is 4.42 Å². The highest BCUT2D eigenvalue weighted by molar-refractivity contribution is 5.76. The summed E-state index contributed by atoms with van der Waals surface area (Å²) in [7, 11) is 0. The molecule has 158 valence electrons. The molecule has 11 heteroatoms. The molecule has 0 saturated carbocycles. The van der Waals surface area contributed by atoms with E-state index in [0.717, 1.165) is 11.3 Å².